The van der Waals surface area contributed by atoms with E-state index in [9.17, 15) is 4.79 Å². The van der Waals surface area contributed by atoms with Crippen LogP contribution in [-0.2, 0) is 4.79 Å². The molecule has 0 saturated heterocycles. The van der Waals surface area contributed by atoms with Crippen molar-refractivity contribution in [2.75, 3.05) is 13.1 Å². The van der Waals surface area contributed by atoms with E-state index in [1.54, 1.807) is 0 Å². The van der Waals surface area contributed by atoms with Gasteiger partial charge in [0.05, 0.1) is 0 Å². The summed E-state index contributed by atoms with van der Waals surface area (Å²) in [5.41, 5.74) is 0. The molecule has 0 aliphatic heterocycles. The molecule has 0 amide bonds. The maximum atomic E-state index is 12.1. The Morgan fingerprint density at radius 2 is 2.06 bits per heavy atom. The fraction of sp³-hybridized carbons (Fsp3) is 0.938. The number of hydrogen-bond acceptors (Lipinski definition) is 2. The van der Waals surface area contributed by atoms with E-state index in [1.807, 2.05) is 0 Å². The van der Waals surface area contributed by atoms with Crippen LogP contribution in [0.15, 0.2) is 0 Å². The Bertz CT molecular complexity index is 239. The predicted octanol–water partition coefficient (Wildman–Crippen LogP) is 4.04. The number of rotatable bonds is 7. The molecule has 0 N–H and O–H groups in total. The minimum atomic E-state index is 0.318. The first-order valence-corrected chi connectivity index (χ1v) is 7.95. The molecule has 2 heteroatoms. The van der Waals surface area contributed by atoms with E-state index in [1.165, 1.54) is 32.1 Å². The average molecular weight is 253 g/mol. The highest BCUT2D eigenvalue weighted by atomic mass is 16.1. The Labute approximate surface area is 113 Å². The maximum Gasteiger partial charge on any atom is 0.137 e. The first-order valence-electron chi connectivity index (χ1n) is 7.95. The van der Waals surface area contributed by atoms with Crippen LogP contribution in [-0.4, -0.2) is 29.8 Å². The van der Waals surface area contributed by atoms with Crippen molar-refractivity contribution in [3.05, 3.63) is 0 Å². The monoisotopic (exact) mass is 253 g/mol. The minimum Gasteiger partial charge on any atom is -0.300 e. The van der Waals surface area contributed by atoms with Gasteiger partial charge in [-0.15, -0.1) is 0 Å². The summed E-state index contributed by atoms with van der Waals surface area (Å²) in [7, 11) is 0. The Kier molecular flexibility index (Phi) is 7.57. The van der Waals surface area contributed by atoms with Gasteiger partial charge in [0, 0.05) is 24.9 Å². The van der Waals surface area contributed by atoms with Gasteiger partial charge >= 0.3 is 0 Å². The number of nitrogens with zero attached hydrogens (tertiary/aromatic N) is 1. The minimum absolute atomic E-state index is 0.318. The number of hydrogen-bond donors (Lipinski definition) is 0. The number of ketones is 1. The molecule has 0 aromatic carbocycles. The third kappa shape index (κ3) is 5.09. The highest BCUT2D eigenvalue weighted by Crippen LogP contribution is 2.22. The lowest BCUT2D eigenvalue weighted by Crippen LogP contribution is -2.39. The standard InChI is InChI=1S/C16H31NO/c1-4-6-12-17(14(3)5-2)13-15-10-8-7-9-11-16(15)18/h14-15H,4-13H2,1-3H3. The molecule has 1 aliphatic rings. The van der Waals surface area contributed by atoms with E-state index in [0.717, 1.165) is 32.4 Å². The van der Waals surface area contributed by atoms with Crippen molar-refractivity contribution in [3.63, 3.8) is 0 Å². The highest BCUT2D eigenvalue weighted by molar-refractivity contribution is 5.81. The van der Waals surface area contributed by atoms with Crippen molar-refractivity contribution >= 4 is 5.78 Å². The van der Waals surface area contributed by atoms with E-state index in [0.29, 0.717) is 17.7 Å². The predicted molar refractivity (Wildman–Crippen MR) is 77.8 cm³/mol. The Morgan fingerprint density at radius 3 is 2.72 bits per heavy atom. The Hall–Kier alpha value is -0.370. The van der Waals surface area contributed by atoms with Gasteiger partial charge in [-0.1, -0.05) is 33.1 Å². The molecule has 0 aromatic rings. The average Bonchev–Trinajstić information content (AvgIpc) is 2.58. The Morgan fingerprint density at radius 1 is 1.28 bits per heavy atom. The summed E-state index contributed by atoms with van der Waals surface area (Å²) in [6.45, 7) is 8.96. The van der Waals surface area contributed by atoms with Crippen LogP contribution in [0.25, 0.3) is 0 Å². The molecule has 2 atom stereocenters. The summed E-state index contributed by atoms with van der Waals surface area (Å²) in [6.07, 6.45) is 9.25. The van der Waals surface area contributed by atoms with Crippen LogP contribution in [0.1, 0.15) is 72.1 Å². The maximum absolute atomic E-state index is 12.1. The zero-order valence-electron chi connectivity index (χ0n) is 12.6. The van der Waals surface area contributed by atoms with E-state index in [2.05, 4.69) is 25.7 Å². The topological polar surface area (TPSA) is 20.3 Å². The molecule has 0 spiro atoms. The van der Waals surface area contributed by atoms with E-state index in [-0.39, 0.29) is 0 Å². The van der Waals surface area contributed by atoms with Crippen molar-refractivity contribution in [1.29, 1.82) is 0 Å². The van der Waals surface area contributed by atoms with Gasteiger partial charge < -0.3 is 0 Å². The molecule has 2 nitrogen and oxygen atoms in total. The van der Waals surface area contributed by atoms with Crippen molar-refractivity contribution in [2.24, 2.45) is 5.92 Å². The molecule has 1 fully saturated rings. The molecule has 0 heterocycles. The summed E-state index contributed by atoms with van der Waals surface area (Å²) in [5.74, 6) is 0.843. The van der Waals surface area contributed by atoms with Crippen molar-refractivity contribution in [1.82, 2.24) is 4.90 Å². The largest absolute Gasteiger partial charge is 0.300 e. The summed E-state index contributed by atoms with van der Waals surface area (Å²) in [5, 5.41) is 0. The summed E-state index contributed by atoms with van der Waals surface area (Å²) in [4.78, 5) is 14.7. The van der Waals surface area contributed by atoms with E-state index >= 15 is 0 Å². The normalized spacial score (nSPS) is 23.1. The van der Waals surface area contributed by atoms with Crippen molar-refractivity contribution in [3.8, 4) is 0 Å². The van der Waals surface area contributed by atoms with Crippen LogP contribution in [0.4, 0.5) is 0 Å². The number of unbranched alkanes of at least 4 members (excludes halogenated alkanes) is 1. The second-order valence-corrected chi connectivity index (χ2v) is 5.87. The van der Waals surface area contributed by atoms with Crippen molar-refractivity contribution in [2.45, 2.75) is 78.2 Å². The van der Waals surface area contributed by atoms with Gasteiger partial charge in [-0.25, -0.2) is 0 Å². The van der Waals surface area contributed by atoms with Gasteiger partial charge in [0.25, 0.3) is 0 Å². The van der Waals surface area contributed by atoms with Crippen LogP contribution in [0, 0.1) is 5.92 Å². The quantitative estimate of drug-likeness (QED) is 0.638. The van der Waals surface area contributed by atoms with Crippen LogP contribution < -0.4 is 0 Å². The number of Topliss-reactive ketones (excluding diaryl/α,β-unsaturated/α-hetero) is 1. The summed E-state index contributed by atoms with van der Waals surface area (Å²) >= 11 is 0. The lowest BCUT2D eigenvalue weighted by Gasteiger charge is -2.31. The molecule has 0 aromatic heterocycles. The van der Waals surface area contributed by atoms with E-state index in [4.69, 9.17) is 0 Å². The molecule has 2 unspecified atom stereocenters. The molecule has 0 bridgehead atoms. The number of carbonyl (C=O) groups excluding carboxylic acids is 1. The van der Waals surface area contributed by atoms with Gasteiger partial charge in [-0.05, 0) is 39.2 Å². The third-order valence-corrected chi connectivity index (χ3v) is 4.40. The highest BCUT2D eigenvalue weighted by Gasteiger charge is 2.24. The lowest BCUT2D eigenvalue weighted by atomic mass is 9.97. The van der Waals surface area contributed by atoms with Gasteiger partial charge in [-0.2, -0.15) is 0 Å². The fourth-order valence-corrected chi connectivity index (χ4v) is 2.82. The fourth-order valence-electron chi connectivity index (χ4n) is 2.82. The SMILES string of the molecule is CCCCN(CC1CCCCCC1=O)C(C)CC. The molecule has 1 saturated carbocycles. The van der Waals surface area contributed by atoms with Crippen LogP contribution in [0.5, 0.6) is 0 Å². The summed E-state index contributed by atoms with van der Waals surface area (Å²) in [6, 6.07) is 0.618. The first kappa shape index (κ1) is 15.7. The van der Waals surface area contributed by atoms with Crippen LogP contribution in [0.2, 0.25) is 0 Å². The first-order chi connectivity index (χ1) is 8.69. The zero-order valence-corrected chi connectivity index (χ0v) is 12.6. The van der Waals surface area contributed by atoms with E-state index < -0.39 is 0 Å². The van der Waals surface area contributed by atoms with Gasteiger partial charge in [0.2, 0.25) is 0 Å². The smallest absolute Gasteiger partial charge is 0.137 e. The molecule has 18 heavy (non-hydrogen) atoms. The molecule has 106 valence electrons. The van der Waals surface area contributed by atoms with Crippen LogP contribution in [0.3, 0.4) is 0 Å². The Balaban J connectivity index is 2.53. The molecular weight excluding hydrogens is 222 g/mol. The van der Waals surface area contributed by atoms with Crippen molar-refractivity contribution < 1.29 is 4.79 Å². The molecule has 1 rings (SSSR count). The molecule has 1 aliphatic carbocycles. The molecule has 0 radical (unpaired) electrons. The summed E-state index contributed by atoms with van der Waals surface area (Å²) < 4.78 is 0. The third-order valence-electron chi connectivity index (χ3n) is 4.40. The second kappa shape index (κ2) is 8.68. The van der Waals surface area contributed by atoms with Gasteiger partial charge in [-0.3, -0.25) is 9.69 Å². The second-order valence-electron chi connectivity index (χ2n) is 5.87. The van der Waals surface area contributed by atoms with Crippen LogP contribution >= 0.6 is 0 Å². The lowest BCUT2D eigenvalue weighted by molar-refractivity contribution is -0.123. The zero-order chi connectivity index (χ0) is 13.4. The van der Waals surface area contributed by atoms with Gasteiger partial charge in [0.15, 0.2) is 0 Å². The van der Waals surface area contributed by atoms with Gasteiger partial charge in [0.1, 0.15) is 5.78 Å². The number of carbonyl (C=O) groups is 1. The molecular formula is C16H31NO.